The molecule has 1 N–H and O–H groups in total. The number of nitrogens with one attached hydrogen (secondary N) is 1. The molecule has 0 radical (unpaired) electrons. The second-order valence-corrected chi connectivity index (χ2v) is 14.0. The number of ether oxygens (including phenoxy) is 3. The number of amides is 2. The number of methoxy groups -OCH3 is 1. The van der Waals surface area contributed by atoms with Crippen molar-refractivity contribution in [3.8, 4) is 22.9 Å². The number of rotatable bonds is 7. The number of carbonyl (C=O) groups is 3. The Balaban J connectivity index is 1.36. The first kappa shape index (κ1) is 34.4. The fourth-order valence-corrected chi connectivity index (χ4v) is 7.36. The average molecular weight is 669 g/mol. The van der Waals surface area contributed by atoms with Gasteiger partial charge in [-0.15, -0.1) is 0 Å². The maximum absolute atomic E-state index is 14.1. The Morgan fingerprint density at radius 1 is 1.06 bits per heavy atom. The fourth-order valence-electron chi connectivity index (χ4n) is 7.36. The summed E-state index contributed by atoms with van der Waals surface area (Å²) in [6.07, 6.45) is 7.48. The molecule has 2 saturated carbocycles. The van der Waals surface area contributed by atoms with Crippen molar-refractivity contribution in [1.82, 2.24) is 20.2 Å². The largest absolute Gasteiger partial charge is 0.496 e. The van der Waals surface area contributed by atoms with Gasteiger partial charge in [-0.1, -0.05) is 32.1 Å². The van der Waals surface area contributed by atoms with Gasteiger partial charge in [-0.25, -0.2) is 9.78 Å². The minimum absolute atomic E-state index is 0.0769. The van der Waals surface area contributed by atoms with E-state index >= 15 is 0 Å². The van der Waals surface area contributed by atoms with E-state index in [9.17, 15) is 14.4 Å². The quantitative estimate of drug-likeness (QED) is 0.235. The fraction of sp³-hybridized carbons (Fsp3) is 0.513. The molecule has 5 unspecified atom stereocenters. The Hall–Kier alpha value is -4.47. The molecule has 10 nitrogen and oxygen atoms in total. The van der Waals surface area contributed by atoms with Crippen LogP contribution in [-0.2, 0) is 19.1 Å². The van der Waals surface area contributed by atoms with E-state index in [0.717, 1.165) is 47.1 Å². The van der Waals surface area contributed by atoms with Crippen LogP contribution >= 0.6 is 0 Å². The summed E-state index contributed by atoms with van der Waals surface area (Å²) in [6, 6.07) is 11.7. The Morgan fingerprint density at radius 3 is 2.61 bits per heavy atom. The molecule has 2 amide bonds. The second-order valence-electron chi connectivity index (χ2n) is 14.0. The normalized spacial score (nSPS) is 26.4. The number of carbonyl (C=O) groups excluding carboxylic acids is 3. The van der Waals surface area contributed by atoms with E-state index in [1.54, 1.807) is 26.0 Å². The molecule has 5 atom stereocenters. The number of nitrogens with zero attached hydrogens (tertiary/aromatic N) is 3. The first-order valence-electron chi connectivity index (χ1n) is 17.6. The Bertz CT molecular complexity index is 1770. The number of aromatic nitrogens is 2. The van der Waals surface area contributed by atoms with Crippen molar-refractivity contribution in [2.24, 2.45) is 17.8 Å². The molecule has 3 aromatic rings. The van der Waals surface area contributed by atoms with Crippen LogP contribution in [0.1, 0.15) is 76.5 Å². The maximum atomic E-state index is 14.1. The standard InChI is InChI=1S/C39H48N4O6/c1-7-48-38(46)39-22-25(39)13-10-8-9-11-18-43(5)37(45)29-20-26(19-28(29)36(44)42-39)49-34-21-32(31-15-12-14-30(40-31)23(2)3)41-35-24(4)33(47-6)17-16-27(34)35/h10,12-17,21,23,25-26,28-29H,7-9,11,18-20,22H2,1-6H3,(H,42,44)/b13-10+. The van der Waals surface area contributed by atoms with Gasteiger partial charge in [-0.05, 0) is 82.6 Å². The van der Waals surface area contributed by atoms with Gasteiger partial charge in [0.2, 0.25) is 11.8 Å². The molecule has 2 fully saturated rings. The van der Waals surface area contributed by atoms with E-state index in [0.29, 0.717) is 43.0 Å². The molecule has 10 heteroatoms. The number of aryl methyl sites for hydroxylation is 1. The molecule has 49 heavy (non-hydrogen) atoms. The van der Waals surface area contributed by atoms with E-state index in [1.165, 1.54) is 0 Å². The molecule has 3 heterocycles. The van der Waals surface area contributed by atoms with Gasteiger partial charge < -0.3 is 24.4 Å². The van der Waals surface area contributed by atoms with E-state index in [2.05, 4.69) is 25.2 Å². The summed E-state index contributed by atoms with van der Waals surface area (Å²) in [5.41, 5.74) is 2.86. The summed E-state index contributed by atoms with van der Waals surface area (Å²) in [5.74, 6) is -0.639. The zero-order chi connectivity index (χ0) is 34.9. The molecule has 1 aromatic carbocycles. The smallest absolute Gasteiger partial charge is 0.332 e. The minimum atomic E-state index is -1.10. The lowest BCUT2D eigenvalue weighted by Gasteiger charge is -2.26. The Labute approximate surface area is 288 Å². The lowest BCUT2D eigenvalue weighted by Crippen LogP contribution is -2.50. The van der Waals surface area contributed by atoms with E-state index in [4.69, 9.17) is 24.2 Å². The zero-order valence-corrected chi connectivity index (χ0v) is 29.5. The van der Waals surface area contributed by atoms with Crippen molar-refractivity contribution in [2.75, 3.05) is 27.3 Å². The van der Waals surface area contributed by atoms with E-state index < -0.39 is 29.4 Å². The number of benzene rings is 1. The van der Waals surface area contributed by atoms with Crippen molar-refractivity contribution >= 4 is 28.7 Å². The van der Waals surface area contributed by atoms with Crippen LogP contribution in [0.25, 0.3) is 22.3 Å². The summed E-state index contributed by atoms with van der Waals surface area (Å²) in [4.78, 5) is 52.9. The number of pyridine rings is 2. The van der Waals surface area contributed by atoms with Crippen LogP contribution in [0.5, 0.6) is 11.5 Å². The highest BCUT2D eigenvalue weighted by Crippen LogP contribution is 2.47. The van der Waals surface area contributed by atoms with Gasteiger partial charge in [0.1, 0.15) is 23.1 Å². The lowest BCUT2D eigenvalue weighted by atomic mass is 9.93. The summed E-state index contributed by atoms with van der Waals surface area (Å²) in [5, 5.41) is 3.88. The van der Waals surface area contributed by atoms with Crippen molar-refractivity contribution < 1.29 is 28.6 Å². The van der Waals surface area contributed by atoms with Gasteiger partial charge >= 0.3 is 5.97 Å². The maximum Gasteiger partial charge on any atom is 0.332 e. The van der Waals surface area contributed by atoms with Crippen LogP contribution in [0.4, 0.5) is 0 Å². The Kier molecular flexibility index (Phi) is 9.95. The van der Waals surface area contributed by atoms with E-state index in [1.807, 2.05) is 49.4 Å². The third-order valence-corrected chi connectivity index (χ3v) is 10.3. The van der Waals surface area contributed by atoms with Gasteiger partial charge in [-0.2, -0.15) is 0 Å². The van der Waals surface area contributed by atoms with Gasteiger partial charge in [0.15, 0.2) is 0 Å². The molecular formula is C39H48N4O6. The van der Waals surface area contributed by atoms with E-state index in [-0.39, 0.29) is 30.3 Å². The molecular weight excluding hydrogens is 620 g/mol. The number of allylic oxidation sites excluding steroid dienone is 1. The first-order valence-corrected chi connectivity index (χ1v) is 17.6. The van der Waals surface area contributed by atoms with Crippen LogP contribution in [-0.4, -0.2) is 71.6 Å². The van der Waals surface area contributed by atoms with Gasteiger partial charge in [0, 0.05) is 42.2 Å². The Morgan fingerprint density at radius 2 is 1.86 bits per heavy atom. The van der Waals surface area contributed by atoms with Crippen molar-refractivity contribution in [3.05, 3.63) is 59.8 Å². The van der Waals surface area contributed by atoms with Gasteiger partial charge in [0.25, 0.3) is 0 Å². The second kappa shape index (κ2) is 14.2. The lowest BCUT2D eigenvalue weighted by molar-refractivity contribution is -0.150. The van der Waals surface area contributed by atoms with Gasteiger partial charge in [-0.3, -0.25) is 14.6 Å². The highest BCUT2D eigenvalue weighted by Gasteiger charge is 2.62. The highest BCUT2D eigenvalue weighted by molar-refractivity contribution is 5.95. The topological polar surface area (TPSA) is 120 Å². The molecule has 0 saturated heterocycles. The number of hydrogen-bond donors (Lipinski definition) is 1. The molecule has 1 aliphatic heterocycles. The van der Waals surface area contributed by atoms with Crippen molar-refractivity contribution in [2.45, 2.75) is 83.8 Å². The predicted molar refractivity (Wildman–Crippen MR) is 187 cm³/mol. The van der Waals surface area contributed by atoms with Crippen molar-refractivity contribution in [1.29, 1.82) is 0 Å². The molecule has 260 valence electrons. The zero-order valence-electron chi connectivity index (χ0n) is 29.5. The van der Waals surface area contributed by atoms with Crippen LogP contribution in [0.15, 0.2) is 48.6 Å². The molecule has 6 rings (SSSR count). The number of fused-ring (bicyclic) bond motifs is 3. The molecule has 2 aromatic heterocycles. The first-order chi connectivity index (χ1) is 23.6. The summed E-state index contributed by atoms with van der Waals surface area (Å²) < 4.78 is 17.9. The molecule has 2 aliphatic carbocycles. The van der Waals surface area contributed by atoms with Crippen molar-refractivity contribution in [3.63, 3.8) is 0 Å². The summed E-state index contributed by atoms with van der Waals surface area (Å²) in [7, 11) is 3.44. The highest BCUT2D eigenvalue weighted by atomic mass is 16.5. The molecule has 3 aliphatic rings. The SMILES string of the molecule is CCOC(=O)C12CC1/C=C/CCCCN(C)C(=O)C1CC(Oc3cc(-c4cccc(C(C)C)n4)nc4c(C)c(OC)ccc34)CC1C(=O)N2. The molecule has 0 bridgehead atoms. The average Bonchev–Trinajstić information content (AvgIpc) is 3.62. The predicted octanol–water partition coefficient (Wildman–Crippen LogP) is 6.15. The third-order valence-electron chi connectivity index (χ3n) is 10.3. The number of esters is 1. The third kappa shape index (κ3) is 6.87. The summed E-state index contributed by atoms with van der Waals surface area (Å²) >= 11 is 0. The number of hydrogen-bond acceptors (Lipinski definition) is 8. The summed E-state index contributed by atoms with van der Waals surface area (Å²) in [6.45, 7) is 8.78. The van der Waals surface area contributed by atoms with Gasteiger partial charge in [0.05, 0.1) is 42.5 Å². The monoisotopic (exact) mass is 668 g/mol. The van der Waals surface area contributed by atoms with Crippen LogP contribution in [0.2, 0.25) is 0 Å². The molecule has 0 spiro atoms. The van der Waals surface area contributed by atoms with Crippen LogP contribution < -0.4 is 14.8 Å². The van der Waals surface area contributed by atoms with Crippen LogP contribution in [0.3, 0.4) is 0 Å². The minimum Gasteiger partial charge on any atom is -0.496 e. The van der Waals surface area contributed by atoms with Crippen LogP contribution in [0, 0.1) is 24.7 Å².